The predicted molar refractivity (Wildman–Crippen MR) is 71.5 cm³/mol. The number of nitrogens with one attached hydrogen (secondary N) is 1. The van der Waals surface area contributed by atoms with Crippen LogP contribution in [0.15, 0.2) is 23.7 Å². The number of hydrogen-bond acceptors (Lipinski definition) is 4. The van der Waals surface area contributed by atoms with Crippen LogP contribution in [0.25, 0.3) is 10.4 Å². The number of rotatable bonds is 3. The monoisotopic (exact) mass is 262 g/mol. The van der Waals surface area contributed by atoms with E-state index in [9.17, 15) is 9.90 Å². The quantitative estimate of drug-likeness (QED) is 0.893. The molecule has 5 heteroatoms. The highest BCUT2D eigenvalue weighted by Crippen LogP contribution is 2.31. The molecule has 2 aromatic rings. The molecule has 1 amide bonds. The van der Waals surface area contributed by atoms with Gasteiger partial charge in [-0.05, 0) is 18.6 Å². The highest BCUT2D eigenvalue weighted by Gasteiger charge is 2.08. The third kappa shape index (κ3) is 2.68. The Kier molecular flexibility index (Phi) is 3.62. The minimum absolute atomic E-state index is 0.114. The number of aryl methyl sites for hydroxylation is 1. The van der Waals surface area contributed by atoms with Crippen molar-refractivity contribution >= 4 is 17.2 Å². The maximum absolute atomic E-state index is 10.8. The van der Waals surface area contributed by atoms with Gasteiger partial charge in [-0.2, -0.15) is 0 Å². The molecule has 2 N–H and O–H groups in total. The second-order valence-electron chi connectivity index (χ2n) is 4.02. The first-order valence-electron chi connectivity index (χ1n) is 5.54. The lowest BCUT2D eigenvalue weighted by molar-refractivity contribution is -0.119. The summed E-state index contributed by atoms with van der Waals surface area (Å²) in [5.74, 6) is 0.0748. The summed E-state index contributed by atoms with van der Waals surface area (Å²) in [5.41, 5.74) is 4.39. The lowest BCUT2D eigenvalue weighted by Crippen LogP contribution is -2.18. The molecule has 0 aliphatic rings. The first-order valence-corrected chi connectivity index (χ1v) is 6.42. The normalized spacial score (nSPS) is 10.3. The fourth-order valence-electron chi connectivity index (χ4n) is 1.65. The van der Waals surface area contributed by atoms with E-state index in [4.69, 9.17) is 0 Å². The molecule has 0 saturated heterocycles. The van der Waals surface area contributed by atoms with Crippen molar-refractivity contribution in [3.8, 4) is 16.2 Å². The Morgan fingerprint density at radius 3 is 2.83 bits per heavy atom. The van der Waals surface area contributed by atoms with E-state index in [1.165, 1.54) is 6.92 Å². The minimum Gasteiger partial charge on any atom is -0.508 e. The van der Waals surface area contributed by atoms with Crippen LogP contribution in [-0.2, 0) is 11.3 Å². The topological polar surface area (TPSA) is 62.2 Å². The predicted octanol–water partition coefficient (Wildman–Crippen LogP) is 2.46. The van der Waals surface area contributed by atoms with Gasteiger partial charge >= 0.3 is 0 Å². The van der Waals surface area contributed by atoms with Gasteiger partial charge in [-0.3, -0.25) is 4.79 Å². The molecule has 0 fully saturated rings. The van der Waals surface area contributed by atoms with Crippen molar-refractivity contribution in [1.29, 1.82) is 0 Å². The molecule has 1 heterocycles. The van der Waals surface area contributed by atoms with Crippen molar-refractivity contribution in [3.05, 3.63) is 35.0 Å². The molecule has 0 bridgehead atoms. The largest absolute Gasteiger partial charge is 0.508 e. The van der Waals surface area contributed by atoms with E-state index in [0.717, 1.165) is 16.1 Å². The second kappa shape index (κ2) is 5.18. The van der Waals surface area contributed by atoms with Crippen molar-refractivity contribution in [1.82, 2.24) is 10.3 Å². The molecular weight excluding hydrogens is 248 g/mol. The number of thiazole rings is 1. The van der Waals surface area contributed by atoms with Gasteiger partial charge in [0.25, 0.3) is 0 Å². The Morgan fingerprint density at radius 2 is 2.28 bits per heavy atom. The van der Waals surface area contributed by atoms with Gasteiger partial charge in [0, 0.05) is 19.0 Å². The Balaban J connectivity index is 2.25. The SMILES string of the molecule is CC(=O)NCc1ccc(-c2scnc2C)cc1O. The first kappa shape index (κ1) is 12.6. The van der Waals surface area contributed by atoms with Crippen LogP contribution >= 0.6 is 11.3 Å². The molecule has 2 rings (SSSR count). The number of carbonyl (C=O) groups excluding carboxylic acids is 1. The summed E-state index contributed by atoms with van der Waals surface area (Å²) in [6.07, 6.45) is 0. The maximum Gasteiger partial charge on any atom is 0.217 e. The summed E-state index contributed by atoms with van der Waals surface area (Å²) in [6, 6.07) is 5.45. The molecule has 4 nitrogen and oxygen atoms in total. The van der Waals surface area contributed by atoms with Gasteiger partial charge in [-0.25, -0.2) is 4.98 Å². The molecule has 18 heavy (non-hydrogen) atoms. The zero-order valence-electron chi connectivity index (χ0n) is 10.2. The van der Waals surface area contributed by atoms with Crippen LogP contribution in [0.2, 0.25) is 0 Å². The van der Waals surface area contributed by atoms with Crippen LogP contribution in [0, 0.1) is 6.92 Å². The van der Waals surface area contributed by atoms with E-state index in [1.807, 2.05) is 19.1 Å². The number of phenolic OH excluding ortho intramolecular Hbond substituents is 1. The number of carbonyl (C=O) groups is 1. The van der Waals surface area contributed by atoms with Gasteiger partial charge in [0.1, 0.15) is 5.75 Å². The lowest BCUT2D eigenvalue weighted by Gasteiger charge is -2.07. The Labute approximate surface area is 109 Å². The summed E-state index contributed by atoms with van der Waals surface area (Å²) >= 11 is 1.54. The van der Waals surface area contributed by atoms with E-state index in [2.05, 4.69) is 10.3 Å². The number of hydrogen-bond donors (Lipinski definition) is 2. The highest BCUT2D eigenvalue weighted by molar-refractivity contribution is 7.13. The smallest absolute Gasteiger partial charge is 0.217 e. The number of aromatic nitrogens is 1. The number of amides is 1. The maximum atomic E-state index is 10.8. The van der Waals surface area contributed by atoms with Crippen molar-refractivity contribution in [2.45, 2.75) is 20.4 Å². The van der Waals surface area contributed by atoms with Gasteiger partial charge in [0.05, 0.1) is 16.1 Å². The molecule has 1 aromatic heterocycles. The van der Waals surface area contributed by atoms with E-state index >= 15 is 0 Å². The van der Waals surface area contributed by atoms with Crippen LogP contribution in [0.5, 0.6) is 5.75 Å². The number of benzene rings is 1. The van der Waals surface area contributed by atoms with Crippen molar-refractivity contribution in [2.24, 2.45) is 0 Å². The van der Waals surface area contributed by atoms with E-state index in [1.54, 1.807) is 22.9 Å². The number of phenols is 1. The molecular formula is C13H14N2O2S. The van der Waals surface area contributed by atoms with Gasteiger partial charge in [-0.1, -0.05) is 12.1 Å². The first-order chi connectivity index (χ1) is 8.58. The molecule has 0 saturated carbocycles. The minimum atomic E-state index is -0.114. The highest BCUT2D eigenvalue weighted by atomic mass is 32.1. The van der Waals surface area contributed by atoms with Gasteiger partial charge in [0.2, 0.25) is 5.91 Å². The fraction of sp³-hybridized carbons (Fsp3) is 0.231. The molecule has 0 atom stereocenters. The van der Waals surface area contributed by atoms with Crippen molar-refractivity contribution in [2.75, 3.05) is 0 Å². The molecule has 94 valence electrons. The summed E-state index contributed by atoms with van der Waals surface area (Å²) < 4.78 is 0. The Bertz CT molecular complexity index is 578. The van der Waals surface area contributed by atoms with Crippen LogP contribution in [0.4, 0.5) is 0 Å². The van der Waals surface area contributed by atoms with Gasteiger partial charge < -0.3 is 10.4 Å². The Morgan fingerprint density at radius 1 is 1.50 bits per heavy atom. The van der Waals surface area contributed by atoms with Crippen LogP contribution in [-0.4, -0.2) is 16.0 Å². The van der Waals surface area contributed by atoms with Crippen molar-refractivity contribution < 1.29 is 9.90 Å². The van der Waals surface area contributed by atoms with Crippen LogP contribution in [0.1, 0.15) is 18.2 Å². The number of aromatic hydroxyl groups is 1. The molecule has 1 aromatic carbocycles. The summed E-state index contributed by atoms with van der Waals surface area (Å²) in [5, 5.41) is 12.6. The van der Waals surface area contributed by atoms with E-state index < -0.39 is 0 Å². The van der Waals surface area contributed by atoms with Gasteiger partial charge in [0.15, 0.2) is 0 Å². The summed E-state index contributed by atoms with van der Waals surface area (Å²) in [4.78, 5) is 16.1. The van der Waals surface area contributed by atoms with Crippen molar-refractivity contribution in [3.63, 3.8) is 0 Å². The summed E-state index contributed by atoms with van der Waals surface area (Å²) in [6.45, 7) is 3.73. The third-order valence-corrected chi connectivity index (χ3v) is 3.60. The standard InChI is InChI=1S/C13H14N2O2S/c1-8-13(18-7-15-8)10-3-4-11(12(17)5-10)6-14-9(2)16/h3-5,7,17H,6H2,1-2H3,(H,14,16). The molecule has 0 aliphatic carbocycles. The third-order valence-electron chi connectivity index (χ3n) is 2.62. The molecule has 0 radical (unpaired) electrons. The van der Waals surface area contributed by atoms with Crippen LogP contribution < -0.4 is 5.32 Å². The van der Waals surface area contributed by atoms with E-state index in [-0.39, 0.29) is 11.7 Å². The van der Waals surface area contributed by atoms with Gasteiger partial charge in [-0.15, -0.1) is 11.3 Å². The Hall–Kier alpha value is -1.88. The fourth-order valence-corrected chi connectivity index (χ4v) is 2.46. The van der Waals surface area contributed by atoms with Crippen LogP contribution in [0.3, 0.4) is 0 Å². The zero-order chi connectivity index (χ0) is 13.1. The van der Waals surface area contributed by atoms with E-state index in [0.29, 0.717) is 12.1 Å². The zero-order valence-corrected chi connectivity index (χ0v) is 11.0. The average Bonchev–Trinajstić information content (AvgIpc) is 2.73. The molecule has 0 unspecified atom stereocenters. The second-order valence-corrected chi connectivity index (χ2v) is 4.87. The summed E-state index contributed by atoms with van der Waals surface area (Å²) in [7, 11) is 0. The number of nitrogens with zero attached hydrogens (tertiary/aromatic N) is 1. The molecule has 0 aliphatic heterocycles. The lowest BCUT2D eigenvalue weighted by atomic mass is 10.1. The molecule has 0 spiro atoms. The average molecular weight is 262 g/mol.